The molecule has 1 heteroatoms. The van der Waals surface area contributed by atoms with Crippen molar-refractivity contribution in [2.24, 2.45) is 5.41 Å². The zero-order valence-corrected chi connectivity index (χ0v) is 9.94. The van der Waals surface area contributed by atoms with Gasteiger partial charge in [-0.1, -0.05) is 32.9 Å². The average Bonchev–Trinajstić information content (AvgIpc) is 2.06. The molecule has 0 aliphatic carbocycles. The topological polar surface area (TPSA) is 12.0 Å². The molecule has 0 fully saturated rings. The number of benzene rings is 1. The van der Waals surface area contributed by atoms with Crippen molar-refractivity contribution in [2.45, 2.75) is 34.6 Å². The van der Waals surface area contributed by atoms with Crippen LogP contribution >= 0.6 is 0 Å². The molecule has 0 heterocycles. The summed E-state index contributed by atoms with van der Waals surface area (Å²) in [5.74, 6) is 0. The van der Waals surface area contributed by atoms with Crippen LogP contribution in [0.3, 0.4) is 0 Å². The first-order valence-electron chi connectivity index (χ1n) is 5.20. The quantitative estimate of drug-likeness (QED) is 0.750. The van der Waals surface area contributed by atoms with Crippen molar-refractivity contribution >= 4 is 5.69 Å². The maximum Gasteiger partial charge on any atom is 0.0372 e. The van der Waals surface area contributed by atoms with E-state index in [0.29, 0.717) is 5.41 Å². The van der Waals surface area contributed by atoms with E-state index >= 15 is 0 Å². The smallest absolute Gasteiger partial charge is 0.0372 e. The Morgan fingerprint density at radius 1 is 1.14 bits per heavy atom. The Balaban J connectivity index is 2.73. The molecule has 0 aromatic heterocycles. The zero-order valence-electron chi connectivity index (χ0n) is 9.94. The van der Waals surface area contributed by atoms with Crippen LogP contribution in [0, 0.1) is 19.3 Å². The maximum absolute atomic E-state index is 3.49. The van der Waals surface area contributed by atoms with E-state index in [9.17, 15) is 0 Å². The second kappa shape index (κ2) is 4.04. The van der Waals surface area contributed by atoms with E-state index in [4.69, 9.17) is 0 Å². The Labute approximate surface area is 87.5 Å². The molecule has 0 aliphatic rings. The minimum absolute atomic E-state index is 0.330. The Bertz CT molecular complexity index is 308. The van der Waals surface area contributed by atoms with E-state index < -0.39 is 0 Å². The van der Waals surface area contributed by atoms with Crippen LogP contribution in [-0.2, 0) is 0 Å². The minimum atomic E-state index is 0.330. The van der Waals surface area contributed by atoms with Crippen LogP contribution in [0.5, 0.6) is 0 Å². The monoisotopic (exact) mass is 191 g/mol. The number of nitrogens with one attached hydrogen (secondary N) is 1. The van der Waals surface area contributed by atoms with Gasteiger partial charge in [0.2, 0.25) is 0 Å². The van der Waals surface area contributed by atoms with Crippen LogP contribution in [0.4, 0.5) is 5.69 Å². The van der Waals surface area contributed by atoms with Gasteiger partial charge in [-0.05, 0) is 36.5 Å². The summed E-state index contributed by atoms with van der Waals surface area (Å²) in [5, 5.41) is 3.49. The van der Waals surface area contributed by atoms with Crippen molar-refractivity contribution in [3.05, 3.63) is 29.3 Å². The Morgan fingerprint density at radius 2 is 1.79 bits per heavy atom. The van der Waals surface area contributed by atoms with E-state index in [0.717, 1.165) is 6.54 Å². The molecule has 0 atom stereocenters. The lowest BCUT2D eigenvalue weighted by Gasteiger charge is -2.21. The van der Waals surface area contributed by atoms with Gasteiger partial charge >= 0.3 is 0 Å². The minimum Gasteiger partial charge on any atom is -0.384 e. The Morgan fingerprint density at radius 3 is 2.36 bits per heavy atom. The Kier molecular flexibility index (Phi) is 3.20. The molecule has 0 amide bonds. The SMILES string of the molecule is Cc1cccc(NCC(C)(C)C)c1C. The van der Waals surface area contributed by atoms with Crippen LogP contribution in [-0.4, -0.2) is 6.54 Å². The molecule has 0 unspecified atom stereocenters. The molecule has 0 radical (unpaired) electrons. The lowest BCUT2D eigenvalue weighted by atomic mass is 9.96. The van der Waals surface area contributed by atoms with Crippen molar-refractivity contribution in [2.75, 3.05) is 11.9 Å². The molecule has 78 valence electrons. The highest BCUT2D eigenvalue weighted by Crippen LogP contribution is 2.20. The van der Waals surface area contributed by atoms with Gasteiger partial charge in [0.05, 0.1) is 0 Å². The van der Waals surface area contributed by atoms with Crippen LogP contribution in [0.15, 0.2) is 18.2 Å². The van der Waals surface area contributed by atoms with Crippen LogP contribution < -0.4 is 5.32 Å². The first-order chi connectivity index (χ1) is 6.40. The van der Waals surface area contributed by atoms with E-state index in [1.165, 1.54) is 16.8 Å². The molecule has 0 spiro atoms. The lowest BCUT2D eigenvalue weighted by molar-refractivity contribution is 0.443. The predicted octanol–water partition coefficient (Wildman–Crippen LogP) is 3.76. The van der Waals surface area contributed by atoms with E-state index in [-0.39, 0.29) is 0 Å². The van der Waals surface area contributed by atoms with Gasteiger partial charge < -0.3 is 5.32 Å². The van der Waals surface area contributed by atoms with Crippen molar-refractivity contribution in [1.82, 2.24) is 0 Å². The summed E-state index contributed by atoms with van der Waals surface area (Å²) in [4.78, 5) is 0. The summed E-state index contributed by atoms with van der Waals surface area (Å²) in [7, 11) is 0. The van der Waals surface area contributed by atoms with E-state index in [1.807, 2.05) is 0 Å². The lowest BCUT2D eigenvalue weighted by Crippen LogP contribution is -2.19. The van der Waals surface area contributed by atoms with Gasteiger partial charge in [0.1, 0.15) is 0 Å². The summed E-state index contributed by atoms with van der Waals surface area (Å²) in [6.07, 6.45) is 0. The summed E-state index contributed by atoms with van der Waals surface area (Å²) < 4.78 is 0. The molecule has 0 bridgehead atoms. The van der Waals surface area contributed by atoms with Crippen molar-refractivity contribution in [1.29, 1.82) is 0 Å². The van der Waals surface area contributed by atoms with Crippen LogP contribution in [0.1, 0.15) is 31.9 Å². The van der Waals surface area contributed by atoms with Crippen molar-refractivity contribution in [3.63, 3.8) is 0 Å². The Hall–Kier alpha value is -0.980. The molecular formula is C13H21N. The zero-order chi connectivity index (χ0) is 10.8. The first-order valence-corrected chi connectivity index (χ1v) is 5.20. The van der Waals surface area contributed by atoms with Gasteiger partial charge in [-0.3, -0.25) is 0 Å². The number of aryl methyl sites for hydroxylation is 1. The highest BCUT2D eigenvalue weighted by atomic mass is 14.9. The summed E-state index contributed by atoms with van der Waals surface area (Å²) in [5.41, 5.74) is 4.30. The fourth-order valence-corrected chi connectivity index (χ4v) is 1.30. The van der Waals surface area contributed by atoms with Gasteiger partial charge in [0.15, 0.2) is 0 Å². The normalized spacial score (nSPS) is 11.5. The van der Waals surface area contributed by atoms with Gasteiger partial charge in [-0.15, -0.1) is 0 Å². The van der Waals surface area contributed by atoms with E-state index in [1.54, 1.807) is 0 Å². The summed E-state index contributed by atoms with van der Waals surface area (Å²) in [6.45, 7) is 12.1. The third-order valence-corrected chi connectivity index (χ3v) is 2.41. The van der Waals surface area contributed by atoms with Gasteiger partial charge in [-0.2, -0.15) is 0 Å². The molecule has 0 saturated carbocycles. The molecule has 1 nitrogen and oxygen atoms in total. The molecule has 1 rings (SSSR count). The molecular weight excluding hydrogens is 170 g/mol. The first kappa shape index (κ1) is 11.1. The molecule has 1 N–H and O–H groups in total. The summed E-state index contributed by atoms with van der Waals surface area (Å²) in [6, 6.07) is 6.40. The van der Waals surface area contributed by atoms with Gasteiger partial charge in [0.25, 0.3) is 0 Å². The van der Waals surface area contributed by atoms with Gasteiger partial charge in [-0.25, -0.2) is 0 Å². The maximum atomic E-state index is 3.49. The van der Waals surface area contributed by atoms with Crippen LogP contribution in [0.25, 0.3) is 0 Å². The molecule has 0 aliphatic heterocycles. The van der Waals surface area contributed by atoms with Gasteiger partial charge in [0, 0.05) is 12.2 Å². The fraction of sp³-hybridized carbons (Fsp3) is 0.538. The molecule has 0 saturated heterocycles. The third-order valence-electron chi connectivity index (χ3n) is 2.41. The highest BCUT2D eigenvalue weighted by molar-refractivity contribution is 5.53. The third kappa shape index (κ3) is 3.06. The fourth-order valence-electron chi connectivity index (χ4n) is 1.30. The summed E-state index contributed by atoms with van der Waals surface area (Å²) >= 11 is 0. The van der Waals surface area contributed by atoms with Crippen molar-refractivity contribution < 1.29 is 0 Å². The molecule has 1 aromatic carbocycles. The largest absolute Gasteiger partial charge is 0.384 e. The number of rotatable bonds is 2. The molecule has 14 heavy (non-hydrogen) atoms. The van der Waals surface area contributed by atoms with E-state index in [2.05, 4.69) is 58.1 Å². The predicted molar refractivity (Wildman–Crippen MR) is 63.9 cm³/mol. The average molecular weight is 191 g/mol. The second-order valence-electron chi connectivity index (χ2n) is 5.16. The molecule has 1 aromatic rings. The second-order valence-corrected chi connectivity index (χ2v) is 5.16. The number of hydrogen-bond acceptors (Lipinski definition) is 1. The number of hydrogen-bond donors (Lipinski definition) is 1. The standard InChI is InChI=1S/C13H21N/c1-10-7-6-8-12(11(10)2)14-9-13(3,4)5/h6-8,14H,9H2,1-5H3. The number of anilines is 1. The van der Waals surface area contributed by atoms with Crippen molar-refractivity contribution in [3.8, 4) is 0 Å². The van der Waals surface area contributed by atoms with Crippen LogP contribution in [0.2, 0.25) is 0 Å². The highest BCUT2D eigenvalue weighted by Gasteiger charge is 2.10.